The van der Waals surface area contributed by atoms with Crippen molar-refractivity contribution >= 4 is 5.78 Å². The van der Waals surface area contributed by atoms with Crippen molar-refractivity contribution in [1.82, 2.24) is 9.55 Å². The molecule has 1 aromatic rings. The third-order valence-corrected chi connectivity index (χ3v) is 2.43. The molecule has 0 aliphatic rings. The number of nitrogens with two attached hydrogens (primary N) is 1. The van der Waals surface area contributed by atoms with Crippen molar-refractivity contribution in [3.63, 3.8) is 0 Å². The molecule has 0 fully saturated rings. The third kappa shape index (κ3) is 3.77. The van der Waals surface area contributed by atoms with E-state index in [1.54, 1.807) is 6.20 Å². The van der Waals surface area contributed by atoms with Crippen LogP contribution in [0.1, 0.15) is 50.7 Å². The van der Waals surface area contributed by atoms with Crippen molar-refractivity contribution in [1.29, 1.82) is 0 Å². The van der Waals surface area contributed by atoms with E-state index in [2.05, 4.69) is 11.9 Å². The summed E-state index contributed by atoms with van der Waals surface area (Å²) in [7, 11) is 0. The molecular formula is C12H21N3O. The number of aryl methyl sites for hydroxylation is 1. The normalized spacial score (nSPS) is 11.8. The number of carbonyl (C=O) groups is 1. The van der Waals surface area contributed by atoms with Crippen molar-refractivity contribution < 1.29 is 4.79 Å². The molecule has 90 valence electrons. The minimum atomic E-state index is -0.294. The van der Waals surface area contributed by atoms with E-state index in [1.165, 1.54) is 0 Å². The Morgan fingerprint density at radius 3 is 2.81 bits per heavy atom. The van der Waals surface area contributed by atoms with Crippen LogP contribution in [-0.4, -0.2) is 20.9 Å². The van der Waals surface area contributed by atoms with Crippen LogP contribution in [0.25, 0.3) is 0 Å². The van der Waals surface area contributed by atoms with E-state index >= 15 is 0 Å². The van der Waals surface area contributed by atoms with Crippen LogP contribution in [0.2, 0.25) is 0 Å². The van der Waals surface area contributed by atoms with E-state index in [0.29, 0.717) is 18.7 Å². The zero-order valence-corrected chi connectivity index (χ0v) is 10.4. The molecule has 0 saturated heterocycles. The van der Waals surface area contributed by atoms with E-state index in [9.17, 15) is 4.79 Å². The summed E-state index contributed by atoms with van der Waals surface area (Å²) in [6.45, 7) is 6.78. The molecule has 0 amide bonds. The highest BCUT2D eigenvalue weighted by atomic mass is 16.1. The maximum absolute atomic E-state index is 11.9. The van der Waals surface area contributed by atoms with Gasteiger partial charge in [-0.25, -0.2) is 4.98 Å². The lowest BCUT2D eigenvalue weighted by Crippen LogP contribution is -2.32. The van der Waals surface area contributed by atoms with E-state index < -0.39 is 0 Å². The molecule has 1 heterocycles. The van der Waals surface area contributed by atoms with Crippen molar-refractivity contribution in [2.24, 2.45) is 5.73 Å². The standard InChI is InChI=1S/C12H21N3O/c1-4-8-15-9-7-14-11(15)10(16)5-6-12(2,3)13/h7,9H,4-6,8,13H2,1-3H3. The molecule has 0 radical (unpaired) electrons. The van der Waals surface area contributed by atoms with Crippen LogP contribution in [-0.2, 0) is 6.54 Å². The Kier molecular flexibility index (Phi) is 4.24. The maximum Gasteiger partial charge on any atom is 0.198 e. The lowest BCUT2D eigenvalue weighted by Gasteiger charge is -2.17. The van der Waals surface area contributed by atoms with Gasteiger partial charge in [-0.05, 0) is 26.7 Å². The topological polar surface area (TPSA) is 60.9 Å². The highest BCUT2D eigenvalue weighted by Crippen LogP contribution is 2.11. The Labute approximate surface area is 96.9 Å². The second-order valence-electron chi connectivity index (χ2n) is 4.86. The molecule has 0 aliphatic carbocycles. The average Bonchev–Trinajstić information content (AvgIpc) is 2.62. The number of ketones is 1. The number of hydrogen-bond donors (Lipinski definition) is 1. The first-order valence-corrected chi connectivity index (χ1v) is 5.77. The fourth-order valence-corrected chi connectivity index (χ4v) is 1.53. The summed E-state index contributed by atoms with van der Waals surface area (Å²) in [6.07, 6.45) is 5.68. The third-order valence-electron chi connectivity index (χ3n) is 2.43. The van der Waals surface area contributed by atoms with Gasteiger partial charge in [0.05, 0.1) is 0 Å². The molecule has 0 atom stereocenters. The molecule has 2 N–H and O–H groups in total. The van der Waals surface area contributed by atoms with Crippen molar-refractivity contribution in [2.45, 2.75) is 52.1 Å². The van der Waals surface area contributed by atoms with Gasteiger partial charge in [-0.15, -0.1) is 0 Å². The molecule has 1 aromatic heterocycles. The number of hydrogen-bond acceptors (Lipinski definition) is 3. The SMILES string of the molecule is CCCn1ccnc1C(=O)CCC(C)(C)N. The monoisotopic (exact) mass is 223 g/mol. The van der Waals surface area contributed by atoms with Crippen molar-refractivity contribution in [2.75, 3.05) is 0 Å². The molecule has 4 heteroatoms. The van der Waals surface area contributed by atoms with E-state index in [1.807, 2.05) is 24.6 Å². The zero-order valence-electron chi connectivity index (χ0n) is 10.4. The predicted octanol–water partition coefficient (Wildman–Crippen LogP) is 1.99. The first-order valence-electron chi connectivity index (χ1n) is 5.77. The fourth-order valence-electron chi connectivity index (χ4n) is 1.53. The second kappa shape index (κ2) is 5.25. The number of nitrogens with zero attached hydrogens (tertiary/aromatic N) is 2. The van der Waals surface area contributed by atoms with Crippen LogP contribution >= 0.6 is 0 Å². The number of carbonyl (C=O) groups excluding carboxylic acids is 1. The summed E-state index contributed by atoms with van der Waals surface area (Å²) < 4.78 is 1.91. The molecular weight excluding hydrogens is 202 g/mol. The summed E-state index contributed by atoms with van der Waals surface area (Å²) in [6, 6.07) is 0. The van der Waals surface area contributed by atoms with Crippen LogP contribution in [0.3, 0.4) is 0 Å². The Morgan fingerprint density at radius 2 is 2.25 bits per heavy atom. The van der Waals surface area contributed by atoms with Crippen LogP contribution in [0.15, 0.2) is 12.4 Å². The minimum absolute atomic E-state index is 0.0805. The lowest BCUT2D eigenvalue weighted by molar-refractivity contribution is 0.0958. The Morgan fingerprint density at radius 1 is 1.56 bits per heavy atom. The largest absolute Gasteiger partial charge is 0.329 e. The fraction of sp³-hybridized carbons (Fsp3) is 0.667. The van der Waals surface area contributed by atoms with Crippen molar-refractivity contribution in [3.8, 4) is 0 Å². The van der Waals surface area contributed by atoms with Gasteiger partial charge in [-0.1, -0.05) is 6.92 Å². The van der Waals surface area contributed by atoms with Gasteiger partial charge in [0.1, 0.15) is 0 Å². The van der Waals surface area contributed by atoms with Gasteiger partial charge in [-0.3, -0.25) is 4.79 Å². The Balaban J connectivity index is 2.62. The summed E-state index contributed by atoms with van der Waals surface area (Å²) >= 11 is 0. The first kappa shape index (κ1) is 12.9. The van der Waals surface area contributed by atoms with Gasteiger partial charge >= 0.3 is 0 Å². The highest BCUT2D eigenvalue weighted by Gasteiger charge is 2.17. The minimum Gasteiger partial charge on any atom is -0.329 e. The van der Waals surface area contributed by atoms with Crippen LogP contribution in [0, 0.1) is 0 Å². The number of aromatic nitrogens is 2. The molecule has 4 nitrogen and oxygen atoms in total. The van der Waals surface area contributed by atoms with Gasteiger partial charge in [0, 0.05) is 30.9 Å². The maximum atomic E-state index is 11.9. The molecule has 1 rings (SSSR count). The molecule has 0 spiro atoms. The number of rotatable bonds is 6. The predicted molar refractivity (Wildman–Crippen MR) is 64.3 cm³/mol. The van der Waals surface area contributed by atoms with Crippen LogP contribution in [0.4, 0.5) is 0 Å². The van der Waals surface area contributed by atoms with Gasteiger partial charge in [0.2, 0.25) is 0 Å². The molecule has 0 aromatic carbocycles. The Hall–Kier alpha value is -1.16. The molecule has 0 saturated carbocycles. The summed E-state index contributed by atoms with van der Waals surface area (Å²) in [5.41, 5.74) is 5.56. The molecule has 0 bridgehead atoms. The lowest BCUT2D eigenvalue weighted by atomic mass is 9.98. The smallest absolute Gasteiger partial charge is 0.198 e. The summed E-state index contributed by atoms with van der Waals surface area (Å²) in [5.74, 6) is 0.642. The van der Waals surface area contributed by atoms with Gasteiger partial charge in [0.25, 0.3) is 0 Å². The Bertz CT molecular complexity index is 349. The number of Topliss-reactive ketones (excluding diaryl/α,β-unsaturated/α-hetero) is 1. The van der Waals surface area contributed by atoms with E-state index in [0.717, 1.165) is 13.0 Å². The summed E-state index contributed by atoms with van der Waals surface area (Å²) in [4.78, 5) is 16.0. The van der Waals surface area contributed by atoms with Crippen LogP contribution in [0.5, 0.6) is 0 Å². The van der Waals surface area contributed by atoms with E-state index in [4.69, 9.17) is 5.73 Å². The molecule has 0 aliphatic heterocycles. The summed E-state index contributed by atoms with van der Waals surface area (Å²) in [5, 5.41) is 0. The average molecular weight is 223 g/mol. The first-order chi connectivity index (χ1) is 7.44. The van der Waals surface area contributed by atoms with Crippen molar-refractivity contribution in [3.05, 3.63) is 18.2 Å². The second-order valence-corrected chi connectivity index (χ2v) is 4.86. The van der Waals surface area contributed by atoms with Gasteiger partial charge in [-0.2, -0.15) is 0 Å². The molecule has 16 heavy (non-hydrogen) atoms. The van der Waals surface area contributed by atoms with Gasteiger partial charge in [0.15, 0.2) is 11.6 Å². The van der Waals surface area contributed by atoms with Gasteiger partial charge < -0.3 is 10.3 Å². The zero-order chi connectivity index (χ0) is 12.2. The highest BCUT2D eigenvalue weighted by molar-refractivity contribution is 5.92. The number of imidazole rings is 1. The van der Waals surface area contributed by atoms with E-state index in [-0.39, 0.29) is 11.3 Å². The van der Waals surface area contributed by atoms with Crippen LogP contribution < -0.4 is 5.73 Å². The molecule has 0 unspecified atom stereocenters. The quantitative estimate of drug-likeness (QED) is 0.750.